The van der Waals surface area contributed by atoms with E-state index in [0.717, 1.165) is 10.6 Å². The van der Waals surface area contributed by atoms with Crippen LogP contribution in [-0.2, 0) is 4.74 Å². The van der Waals surface area contributed by atoms with Crippen molar-refractivity contribution < 1.29 is 9.84 Å². The first kappa shape index (κ1) is 13.2. The Hall–Kier alpha value is -1.23. The summed E-state index contributed by atoms with van der Waals surface area (Å²) in [6.45, 7) is 4.32. The molecule has 0 aliphatic rings. The van der Waals surface area contributed by atoms with Gasteiger partial charge in [0.1, 0.15) is 11.1 Å². The summed E-state index contributed by atoms with van der Waals surface area (Å²) in [4.78, 5) is 4.45. The molecule has 0 fully saturated rings. The van der Waals surface area contributed by atoms with Crippen LogP contribution in [0.4, 0.5) is 0 Å². The number of rotatable bonds is 5. The smallest absolute Gasteiger partial charge is 0.134 e. The fraction of sp³-hybridized carbons (Fsp3) is 0.357. The summed E-state index contributed by atoms with van der Waals surface area (Å²) in [6, 6.07) is 10.0. The van der Waals surface area contributed by atoms with Crippen molar-refractivity contribution in [3.8, 4) is 0 Å². The number of ether oxygens (including phenoxy) is 1. The second-order valence-corrected chi connectivity index (χ2v) is 4.92. The van der Waals surface area contributed by atoms with Gasteiger partial charge in [0, 0.05) is 12.0 Å². The Bertz CT molecular complexity index is 482. The molecule has 96 valence electrons. The van der Waals surface area contributed by atoms with Crippen LogP contribution in [-0.4, -0.2) is 16.7 Å². The van der Waals surface area contributed by atoms with Crippen LogP contribution in [0.25, 0.3) is 0 Å². The molecule has 1 N–H and O–H groups in total. The molecule has 3 nitrogen and oxygen atoms in total. The van der Waals surface area contributed by atoms with Gasteiger partial charge in [-0.05, 0) is 19.4 Å². The van der Waals surface area contributed by atoms with Crippen molar-refractivity contribution in [2.75, 3.05) is 6.61 Å². The molecule has 0 radical (unpaired) electrons. The molecule has 1 aromatic carbocycles. The molecule has 0 aliphatic heterocycles. The zero-order valence-corrected chi connectivity index (χ0v) is 11.4. The van der Waals surface area contributed by atoms with Crippen LogP contribution in [0.1, 0.15) is 42.3 Å². The second-order valence-electron chi connectivity index (χ2n) is 4.03. The summed E-state index contributed by atoms with van der Waals surface area (Å²) in [7, 11) is 0. The van der Waals surface area contributed by atoms with E-state index < -0.39 is 6.10 Å². The molecule has 1 aromatic heterocycles. The molecule has 1 heterocycles. The first-order valence-electron chi connectivity index (χ1n) is 6.02. The van der Waals surface area contributed by atoms with Crippen molar-refractivity contribution in [2.45, 2.75) is 26.1 Å². The van der Waals surface area contributed by atoms with E-state index in [1.54, 1.807) is 6.92 Å². The fourth-order valence-corrected chi connectivity index (χ4v) is 2.69. The maximum Gasteiger partial charge on any atom is 0.134 e. The van der Waals surface area contributed by atoms with Gasteiger partial charge in [-0.25, -0.2) is 4.98 Å². The van der Waals surface area contributed by atoms with Crippen molar-refractivity contribution >= 4 is 11.3 Å². The van der Waals surface area contributed by atoms with E-state index in [1.165, 1.54) is 11.3 Å². The Morgan fingerprint density at radius 1 is 1.33 bits per heavy atom. The van der Waals surface area contributed by atoms with E-state index >= 15 is 0 Å². The molecule has 0 spiro atoms. The zero-order chi connectivity index (χ0) is 13.0. The predicted molar refractivity (Wildman–Crippen MR) is 72.7 cm³/mol. The van der Waals surface area contributed by atoms with Gasteiger partial charge in [0.2, 0.25) is 0 Å². The quantitative estimate of drug-likeness (QED) is 0.899. The molecule has 0 saturated carbocycles. The van der Waals surface area contributed by atoms with Gasteiger partial charge >= 0.3 is 0 Å². The van der Waals surface area contributed by atoms with Gasteiger partial charge in [0.15, 0.2) is 0 Å². The lowest BCUT2D eigenvalue weighted by Crippen LogP contribution is -2.06. The average molecular weight is 263 g/mol. The number of hydrogen-bond donors (Lipinski definition) is 1. The fourth-order valence-electron chi connectivity index (χ4n) is 1.72. The Labute approximate surface area is 111 Å². The van der Waals surface area contributed by atoms with Crippen molar-refractivity contribution in [2.24, 2.45) is 0 Å². The molecule has 0 amide bonds. The van der Waals surface area contributed by atoms with Gasteiger partial charge in [-0.3, -0.25) is 0 Å². The third-order valence-corrected chi connectivity index (χ3v) is 3.53. The predicted octanol–water partition coefficient (Wildman–Crippen LogP) is 3.32. The van der Waals surface area contributed by atoms with Crippen molar-refractivity contribution in [3.63, 3.8) is 0 Å². The molecule has 2 unspecified atom stereocenters. The highest BCUT2D eigenvalue weighted by molar-refractivity contribution is 7.09. The van der Waals surface area contributed by atoms with Gasteiger partial charge in [0.05, 0.1) is 11.8 Å². The van der Waals surface area contributed by atoms with Crippen LogP contribution in [0.3, 0.4) is 0 Å². The number of aliphatic hydroxyl groups is 1. The van der Waals surface area contributed by atoms with E-state index in [4.69, 9.17) is 4.74 Å². The molecule has 18 heavy (non-hydrogen) atoms. The Kier molecular flexibility index (Phi) is 4.47. The minimum absolute atomic E-state index is 0.145. The van der Waals surface area contributed by atoms with Crippen LogP contribution in [0.5, 0.6) is 0 Å². The normalized spacial score (nSPS) is 14.4. The molecule has 2 aromatic rings. The number of aliphatic hydroxyl groups excluding tert-OH is 1. The highest BCUT2D eigenvalue weighted by atomic mass is 32.1. The number of nitrogens with zero attached hydrogens (tertiary/aromatic N) is 1. The van der Waals surface area contributed by atoms with E-state index in [0.29, 0.717) is 12.3 Å². The Morgan fingerprint density at radius 2 is 2.06 bits per heavy atom. The lowest BCUT2D eigenvalue weighted by Gasteiger charge is -2.14. The molecule has 2 rings (SSSR count). The minimum Gasteiger partial charge on any atom is -0.387 e. The Morgan fingerprint density at radius 3 is 2.61 bits per heavy atom. The van der Waals surface area contributed by atoms with Crippen LogP contribution >= 0.6 is 11.3 Å². The van der Waals surface area contributed by atoms with Crippen molar-refractivity contribution in [1.82, 2.24) is 4.98 Å². The third kappa shape index (κ3) is 2.96. The second kappa shape index (κ2) is 6.09. The van der Waals surface area contributed by atoms with Crippen LogP contribution < -0.4 is 0 Å². The lowest BCUT2D eigenvalue weighted by molar-refractivity contribution is 0.0906. The van der Waals surface area contributed by atoms with E-state index in [1.807, 2.05) is 42.6 Å². The van der Waals surface area contributed by atoms with Crippen molar-refractivity contribution in [1.29, 1.82) is 0 Å². The number of benzene rings is 1. The molecule has 2 atom stereocenters. The summed E-state index contributed by atoms with van der Waals surface area (Å²) in [5.74, 6) is 0. The van der Waals surface area contributed by atoms with Gasteiger partial charge < -0.3 is 9.84 Å². The topological polar surface area (TPSA) is 42.4 Å². The summed E-state index contributed by atoms with van der Waals surface area (Å²) in [6.07, 6.45) is -0.679. The monoisotopic (exact) mass is 263 g/mol. The highest BCUT2D eigenvalue weighted by Gasteiger charge is 2.18. The average Bonchev–Trinajstić information content (AvgIpc) is 2.86. The van der Waals surface area contributed by atoms with Crippen LogP contribution in [0.2, 0.25) is 0 Å². The summed E-state index contributed by atoms with van der Waals surface area (Å²) < 4.78 is 5.77. The van der Waals surface area contributed by atoms with Crippen molar-refractivity contribution in [3.05, 3.63) is 52.0 Å². The van der Waals surface area contributed by atoms with Gasteiger partial charge in [0.25, 0.3) is 0 Å². The summed E-state index contributed by atoms with van der Waals surface area (Å²) in [5, 5.41) is 12.3. The standard InChI is InChI=1S/C14H17NO2S/c1-3-17-13(11-7-5-4-6-8-11)14-15-12(9-18-14)10(2)16/h4-10,13,16H,3H2,1-2H3. The summed E-state index contributed by atoms with van der Waals surface area (Å²) >= 11 is 1.52. The van der Waals surface area contributed by atoms with E-state index in [9.17, 15) is 5.11 Å². The summed E-state index contributed by atoms with van der Waals surface area (Å²) in [5.41, 5.74) is 1.79. The van der Waals surface area contributed by atoms with Gasteiger partial charge in [-0.2, -0.15) is 0 Å². The number of aromatic nitrogens is 1. The van der Waals surface area contributed by atoms with Crippen LogP contribution in [0.15, 0.2) is 35.7 Å². The van der Waals surface area contributed by atoms with Gasteiger partial charge in [-0.1, -0.05) is 30.3 Å². The third-order valence-electron chi connectivity index (χ3n) is 2.63. The minimum atomic E-state index is -0.534. The lowest BCUT2D eigenvalue weighted by atomic mass is 10.1. The first-order valence-corrected chi connectivity index (χ1v) is 6.90. The number of hydrogen-bond acceptors (Lipinski definition) is 4. The van der Waals surface area contributed by atoms with E-state index in [-0.39, 0.29) is 6.10 Å². The number of thiazole rings is 1. The molecule has 0 saturated heterocycles. The molecule has 0 bridgehead atoms. The highest BCUT2D eigenvalue weighted by Crippen LogP contribution is 2.29. The van der Waals surface area contributed by atoms with Gasteiger partial charge in [-0.15, -0.1) is 11.3 Å². The molecular weight excluding hydrogens is 246 g/mol. The largest absolute Gasteiger partial charge is 0.387 e. The molecule has 0 aliphatic carbocycles. The Balaban J connectivity index is 2.29. The van der Waals surface area contributed by atoms with E-state index in [2.05, 4.69) is 4.98 Å². The van der Waals surface area contributed by atoms with Crippen LogP contribution in [0, 0.1) is 0 Å². The maximum atomic E-state index is 9.52. The molecule has 4 heteroatoms. The zero-order valence-electron chi connectivity index (χ0n) is 10.5. The first-order chi connectivity index (χ1) is 8.72. The SMILES string of the molecule is CCOC(c1ccccc1)c1nc(C(C)O)cs1. The maximum absolute atomic E-state index is 9.52. The molecular formula is C14H17NO2S.